The van der Waals surface area contributed by atoms with Gasteiger partial charge in [0.25, 0.3) is 0 Å². The summed E-state index contributed by atoms with van der Waals surface area (Å²) in [6.07, 6.45) is 3.38. The predicted molar refractivity (Wildman–Crippen MR) is 108 cm³/mol. The molecule has 27 heavy (non-hydrogen) atoms. The zero-order valence-electron chi connectivity index (χ0n) is 15.4. The fraction of sp³-hybridized carbons (Fsp3) is 0.286. The zero-order chi connectivity index (χ0) is 19.7. The summed E-state index contributed by atoms with van der Waals surface area (Å²) in [6, 6.07) is 16.7. The Kier molecular flexibility index (Phi) is 7.76. The van der Waals surface area contributed by atoms with E-state index in [2.05, 4.69) is 5.32 Å². The highest BCUT2D eigenvalue weighted by molar-refractivity contribution is 7.94. The highest BCUT2D eigenvalue weighted by Crippen LogP contribution is 2.12. The number of sulfone groups is 1. The molecule has 0 spiro atoms. The van der Waals surface area contributed by atoms with Crippen LogP contribution < -0.4 is 11.1 Å². The van der Waals surface area contributed by atoms with E-state index in [1.807, 2.05) is 37.3 Å². The summed E-state index contributed by atoms with van der Waals surface area (Å²) in [5.41, 5.74) is 6.99. The number of hydrogen-bond acceptors (Lipinski definition) is 4. The van der Waals surface area contributed by atoms with Gasteiger partial charge in [0.2, 0.25) is 5.91 Å². The molecule has 0 aromatic heterocycles. The van der Waals surface area contributed by atoms with Crippen LogP contribution in [0.2, 0.25) is 0 Å². The lowest BCUT2D eigenvalue weighted by molar-refractivity contribution is -0.122. The Bertz CT molecular complexity index is 850. The fourth-order valence-electron chi connectivity index (χ4n) is 2.67. The van der Waals surface area contributed by atoms with Gasteiger partial charge in [-0.2, -0.15) is 0 Å². The summed E-state index contributed by atoms with van der Waals surface area (Å²) in [7, 11) is -3.54. The first-order valence-corrected chi connectivity index (χ1v) is 10.5. The topological polar surface area (TPSA) is 89.3 Å². The summed E-state index contributed by atoms with van der Waals surface area (Å²) in [5.74, 6) is -0.293. The van der Waals surface area contributed by atoms with E-state index in [9.17, 15) is 13.2 Å². The molecule has 0 heterocycles. The molecule has 0 saturated carbocycles. The SMILES string of the molecule is CCCC(C=CS(=O)(=O)c1ccccc1)NC(=O)C(N)Cc1ccccc1. The van der Waals surface area contributed by atoms with Gasteiger partial charge in [-0.3, -0.25) is 4.79 Å². The minimum absolute atomic E-state index is 0.226. The quantitative estimate of drug-likeness (QED) is 0.693. The number of nitrogens with two attached hydrogens (primary N) is 1. The highest BCUT2D eigenvalue weighted by Gasteiger charge is 2.18. The molecule has 0 bridgehead atoms. The molecule has 2 aromatic carbocycles. The Morgan fingerprint density at radius 3 is 2.26 bits per heavy atom. The number of benzene rings is 2. The zero-order valence-corrected chi connectivity index (χ0v) is 16.2. The first-order valence-electron chi connectivity index (χ1n) is 9.00. The van der Waals surface area contributed by atoms with Crippen LogP contribution in [0, 0.1) is 0 Å². The molecule has 2 atom stereocenters. The van der Waals surface area contributed by atoms with Gasteiger partial charge in [-0.15, -0.1) is 0 Å². The van der Waals surface area contributed by atoms with E-state index in [4.69, 9.17) is 5.73 Å². The number of carbonyl (C=O) groups is 1. The molecule has 0 saturated heterocycles. The maximum absolute atomic E-state index is 12.4. The standard InChI is InChI=1S/C21H26N2O3S/c1-2-9-18(14-15-27(25,26)19-12-7-4-8-13-19)23-21(24)20(22)16-17-10-5-3-6-11-17/h3-8,10-15,18,20H,2,9,16,22H2,1H3,(H,23,24). The van der Waals surface area contributed by atoms with Crippen molar-refractivity contribution >= 4 is 15.7 Å². The van der Waals surface area contributed by atoms with E-state index in [-0.39, 0.29) is 16.8 Å². The van der Waals surface area contributed by atoms with Crippen molar-refractivity contribution in [1.29, 1.82) is 0 Å². The molecular weight excluding hydrogens is 360 g/mol. The minimum atomic E-state index is -3.54. The van der Waals surface area contributed by atoms with Gasteiger partial charge in [0, 0.05) is 11.4 Å². The normalized spacial score (nSPS) is 14.0. The molecule has 1 amide bonds. The molecule has 3 N–H and O–H groups in total. The van der Waals surface area contributed by atoms with Crippen LogP contribution in [0.5, 0.6) is 0 Å². The molecule has 144 valence electrons. The smallest absolute Gasteiger partial charge is 0.237 e. The predicted octanol–water partition coefficient (Wildman–Crippen LogP) is 2.83. The van der Waals surface area contributed by atoms with Crippen LogP contribution in [0.25, 0.3) is 0 Å². The average Bonchev–Trinajstić information content (AvgIpc) is 2.68. The van der Waals surface area contributed by atoms with Gasteiger partial charge in [0.1, 0.15) is 0 Å². The molecule has 0 fully saturated rings. The Morgan fingerprint density at radius 1 is 1.07 bits per heavy atom. The number of hydrogen-bond donors (Lipinski definition) is 2. The summed E-state index contributed by atoms with van der Waals surface area (Å²) >= 11 is 0. The number of nitrogens with one attached hydrogen (secondary N) is 1. The number of rotatable bonds is 9. The first-order chi connectivity index (χ1) is 12.9. The van der Waals surface area contributed by atoms with Crippen LogP contribution in [-0.4, -0.2) is 26.4 Å². The molecule has 5 nitrogen and oxygen atoms in total. The molecule has 2 unspecified atom stereocenters. The Labute approximate surface area is 161 Å². The van der Waals surface area contributed by atoms with Crippen LogP contribution in [0.3, 0.4) is 0 Å². The Hall–Kier alpha value is -2.44. The number of amides is 1. The third kappa shape index (κ3) is 6.66. The van der Waals surface area contributed by atoms with Crippen molar-refractivity contribution < 1.29 is 13.2 Å². The molecule has 0 aliphatic heterocycles. The van der Waals surface area contributed by atoms with Gasteiger partial charge in [0.15, 0.2) is 9.84 Å². The van der Waals surface area contributed by atoms with Crippen molar-refractivity contribution in [3.63, 3.8) is 0 Å². The minimum Gasteiger partial charge on any atom is -0.349 e. The summed E-state index contributed by atoms with van der Waals surface area (Å²) in [6.45, 7) is 1.97. The van der Waals surface area contributed by atoms with Crippen molar-refractivity contribution in [2.75, 3.05) is 0 Å². The van der Waals surface area contributed by atoms with Crippen molar-refractivity contribution in [3.8, 4) is 0 Å². The van der Waals surface area contributed by atoms with Crippen LogP contribution >= 0.6 is 0 Å². The molecule has 2 rings (SSSR count). The van der Waals surface area contributed by atoms with Crippen LogP contribution in [0.1, 0.15) is 25.3 Å². The second-order valence-electron chi connectivity index (χ2n) is 6.39. The molecule has 0 radical (unpaired) electrons. The van der Waals surface area contributed by atoms with Crippen LogP contribution in [0.4, 0.5) is 0 Å². The number of carbonyl (C=O) groups excluding carboxylic acids is 1. The Morgan fingerprint density at radius 2 is 1.67 bits per heavy atom. The lowest BCUT2D eigenvalue weighted by Gasteiger charge is -2.18. The first kappa shape index (κ1) is 20.9. The van der Waals surface area contributed by atoms with Crippen molar-refractivity contribution in [1.82, 2.24) is 5.32 Å². The van der Waals surface area contributed by atoms with Crippen molar-refractivity contribution in [3.05, 3.63) is 77.7 Å². The summed E-state index contributed by atoms with van der Waals surface area (Å²) < 4.78 is 24.8. The average molecular weight is 387 g/mol. The Balaban J connectivity index is 2.03. The molecule has 6 heteroatoms. The van der Waals surface area contributed by atoms with E-state index in [1.54, 1.807) is 30.3 Å². The van der Waals surface area contributed by atoms with Gasteiger partial charge in [-0.25, -0.2) is 8.42 Å². The molecular formula is C21H26N2O3S. The third-order valence-electron chi connectivity index (χ3n) is 4.12. The van der Waals surface area contributed by atoms with Gasteiger partial charge < -0.3 is 11.1 Å². The molecule has 2 aromatic rings. The van der Waals surface area contributed by atoms with E-state index in [0.29, 0.717) is 12.8 Å². The second kappa shape index (κ2) is 10.0. The van der Waals surface area contributed by atoms with Crippen LogP contribution in [-0.2, 0) is 21.1 Å². The molecule has 0 aliphatic carbocycles. The highest BCUT2D eigenvalue weighted by atomic mass is 32.2. The van der Waals surface area contributed by atoms with E-state index < -0.39 is 15.9 Å². The van der Waals surface area contributed by atoms with Crippen molar-refractivity contribution in [2.24, 2.45) is 5.73 Å². The van der Waals surface area contributed by atoms with Gasteiger partial charge in [0.05, 0.1) is 10.9 Å². The van der Waals surface area contributed by atoms with E-state index in [0.717, 1.165) is 17.4 Å². The lowest BCUT2D eigenvalue weighted by Crippen LogP contribution is -2.45. The van der Waals surface area contributed by atoms with E-state index in [1.165, 1.54) is 6.08 Å². The summed E-state index contributed by atoms with van der Waals surface area (Å²) in [4.78, 5) is 12.6. The van der Waals surface area contributed by atoms with Gasteiger partial charge >= 0.3 is 0 Å². The van der Waals surface area contributed by atoms with E-state index >= 15 is 0 Å². The maximum atomic E-state index is 12.4. The monoisotopic (exact) mass is 386 g/mol. The van der Waals surface area contributed by atoms with Gasteiger partial charge in [-0.1, -0.05) is 68.0 Å². The summed E-state index contributed by atoms with van der Waals surface area (Å²) in [5, 5.41) is 4.01. The van der Waals surface area contributed by atoms with Gasteiger partial charge in [-0.05, 0) is 30.5 Å². The van der Waals surface area contributed by atoms with Crippen molar-refractivity contribution in [2.45, 2.75) is 43.2 Å². The second-order valence-corrected chi connectivity index (χ2v) is 8.22. The third-order valence-corrected chi connectivity index (χ3v) is 5.57. The van der Waals surface area contributed by atoms with Crippen LogP contribution in [0.15, 0.2) is 77.0 Å². The largest absolute Gasteiger partial charge is 0.349 e. The fourth-order valence-corrected chi connectivity index (χ4v) is 3.76. The lowest BCUT2D eigenvalue weighted by atomic mass is 10.1. The maximum Gasteiger partial charge on any atom is 0.237 e. The molecule has 0 aliphatic rings.